The van der Waals surface area contributed by atoms with Crippen LogP contribution in [0.1, 0.15) is 26.3 Å². The van der Waals surface area contributed by atoms with Gasteiger partial charge in [0.25, 0.3) is 0 Å². The van der Waals surface area contributed by atoms with Crippen LogP contribution in [0.3, 0.4) is 0 Å². The molecule has 0 spiro atoms. The van der Waals surface area contributed by atoms with Crippen LogP contribution in [0.15, 0.2) is 85.1 Å². The number of benzene rings is 3. The summed E-state index contributed by atoms with van der Waals surface area (Å²) in [5.41, 5.74) is 4.96. The fourth-order valence-corrected chi connectivity index (χ4v) is 5.15. The third kappa shape index (κ3) is 3.24. The van der Waals surface area contributed by atoms with Gasteiger partial charge >= 0.3 is 0 Å². The van der Waals surface area contributed by atoms with E-state index in [0.29, 0.717) is 0 Å². The Morgan fingerprint density at radius 2 is 1.48 bits per heavy atom. The first kappa shape index (κ1) is 18.1. The molecule has 0 saturated heterocycles. The van der Waals surface area contributed by atoms with Crippen LogP contribution in [0, 0.1) is 0 Å². The molecule has 0 aliphatic rings. The molecule has 0 aliphatic heterocycles. The van der Waals surface area contributed by atoms with Crippen LogP contribution >= 0.6 is 11.3 Å². The summed E-state index contributed by atoms with van der Waals surface area (Å²) in [7, 11) is 0. The maximum atomic E-state index is 4.82. The number of aromatic nitrogens is 1. The second kappa shape index (κ2) is 6.82. The first-order valence-electron chi connectivity index (χ1n) is 9.98. The van der Waals surface area contributed by atoms with Crippen LogP contribution in [0.2, 0.25) is 0 Å². The molecule has 5 aromatic rings. The van der Waals surface area contributed by atoms with E-state index in [4.69, 9.17) is 4.98 Å². The van der Waals surface area contributed by atoms with E-state index >= 15 is 0 Å². The molecular formula is C27H23NS. The zero-order valence-corrected chi connectivity index (χ0v) is 17.8. The Labute approximate surface area is 175 Å². The summed E-state index contributed by atoms with van der Waals surface area (Å²) < 4.78 is 1.25. The van der Waals surface area contributed by atoms with Crippen LogP contribution in [0.5, 0.6) is 0 Å². The topological polar surface area (TPSA) is 12.9 Å². The highest BCUT2D eigenvalue weighted by molar-refractivity contribution is 7.22. The predicted molar refractivity (Wildman–Crippen MR) is 127 cm³/mol. The second-order valence-corrected chi connectivity index (χ2v) is 9.60. The average molecular weight is 394 g/mol. The molecule has 142 valence electrons. The van der Waals surface area contributed by atoms with Gasteiger partial charge in [0.2, 0.25) is 0 Å². The fourth-order valence-electron chi connectivity index (χ4n) is 3.98. The minimum Gasteiger partial charge on any atom is -0.255 e. The monoisotopic (exact) mass is 393 g/mol. The van der Waals surface area contributed by atoms with Crippen molar-refractivity contribution >= 4 is 32.2 Å². The molecule has 0 aliphatic carbocycles. The van der Waals surface area contributed by atoms with E-state index in [-0.39, 0.29) is 5.41 Å². The van der Waals surface area contributed by atoms with Gasteiger partial charge in [-0.3, -0.25) is 4.98 Å². The summed E-state index contributed by atoms with van der Waals surface area (Å²) in [6.45, 7) is 6.85. The average Bonchev–Trinajstić information content (AvgIpc) is 3.17. The highest BCUT2D eigenvalue weighted by Gasteiger charge is 2.19. The maximum absolute atomic E-state index is 4.82. The fraction of sp³-hybridized carbons (Fsp3) is 0.148. The molecule has 3 aromatic carbocycles. The van der Waals surface area contributed by atoms with E-state index < -0.39 is 0 Å². The minimum absolute atomic E-state index is 0.0636. The SMILES string of the molecule is CC(C)(C)c1cc(-c2nccc3cc(-c4ccccc4)sc23)cc2ccccc12. The molecule has 0 N–H and O–H groups in total. The Kier molecular flexibility index (Phi) is 4.25. The van der Waals surface area contributed by atoms with Gasteiger partial charge in [-0.1, -0.05) is 75.4 Å². The Morgan fingerprint density at radius 3 is 2.28 bits per heavy atom. The van der Waals surface area contributed by atoms with Gasteiger partial charge in [-0.25, -0.2) is 0 Å². The summed E-state index contributed by atoms with van der Waals surface area (Å²) in [5, 5.41) is 3.85. The van der Waals surface area contributed by atoms with E-state index in [1.165, 1.54) is 42.4 Å². The largest absolute Gasteiger partial charge is 0.255 e. The van der Waals surface area contributed by atoms with E-state index in [1.807, 2.05) is 17.5 Å². The van der Waals surface area contributed by atoms with Crippen molar-refractivity contribution in [3.8, 4) is 21.7 Å². The number of thiophene rings is 1. The third-order valence-corrected chi connectivity index (χ3v) is 6.64. The van der Waals surface area contributed by atoms with Gasteiger partial charge in [-0.05, 0) is 57.0 Å². The molecule has 0 amide bonds. The lowest BCUT2D eigenvalue weighted by Gasteiger charge is -2.22. The van der Waals surface area contributed by atoms with Gasteiger partial charge in [0.05, 0.1) is 10.4 Å². The molecule has 0 bridgehead atoms. The molecule has 2 heteroatoms. The molecular weight excluding hydrogens is 370 g/mol. The standard InChI is InChI=1S/C27H23NS/c1-27(2,3)23-16-21(15-19-11-7-8-12-22(19)23)25-26-20(13-14-28-25)17-24(29-26)18-9-5-4-6-10-18/h4-17H,1-3H3. The predicted octanol–water partition coefficient (Wildman–Crippen LogP) is 8.08. The molecule has 0 saturated carbocycles. The first-order valence-corrected chi connectivity index (χ1v) is 10.8. The zero-order chi connectivity index (χ0) is 20.0. The van der Waals surface area contributed by atoms with Crippen LogP contribution in [-0.2, 0) is 5.41 Å². The number of hydrogen-bond donors (Lipinski definition) is 0. The first-order chi connectivity index (χ1) is 14.0. The number of hydrogen-bond acceptors (Lipinski definition) is 2. The Balaban J connectivity index is 1.76. The number of nitrogens with zero attached hydrogens (tertiary/aromatic N) is 1. The Hall–Kier alpha value is -2.97. The van der Waals surface area contributed by atoms with Crippen molar-refractivity contribution in [3.05, 3.63) is 90.6 Å². The third-order valence-electron chi connectivity index (χ3n) is 5.44. The number of fused-ring (bicyclic) bond motifs is 2. The molecule has 29 heavy (non-hydrogen) atoms. The molecule has 0 fully saturated rings. The van der Waals surface area contributed by atoms with Crippen LogP contribution < -0.4 is 0 Å². The van der Waals surface area contributed by atoms with Crippen LogP contribution in [-0.4, -0.2) is 4.98 Å². The number of pyridine rings is 1. The molecule has 0 unspecified atom stereocenters. The molecule has 2 heterocycles. The van der Waals surface area contributed by atoms with Crippen LogP contribution in [0.4, 0.5) is 0 Å². The zero-order valence-electron chi connectivity index (χ0n) is 16.9. The van der Waals surface area contributed by atoms with Gasteiger partial charge in [0.1, 0.15) is 0 Å². The summed E-state index contributed by atoms with van der Waals surface area (Å²) in [5.74, 6) is 0. The lowest BCUT2D eigenvalue weighted by atomic mass is 9.82. The highest BCUT2D eigenvalue weighted by Crippen LogP contribution is 2.40. The van der Waals surface area contributed by atoms with Gasteiger partial charge in [-0.2, -0.15) is 0 Å². The summed E-state index contributed by atoms with van der Waals surface area (Å²) in [4.78, 5) is 6.11. The van der Waals surface area contributed by atoms with Crippen molar-refractivity contribution in [2.75, 3.05) is 0 Å². The molecule has 0 radical (unpaired) electrons. The van der Waals surface area contributed by atoms with E-state index in [2.05, 4.69) is 99.6 Å². The maximum Gasteiger partial charge on any atom is 0.0880 e. The second-order valence-electron chi connectivity index (χ2n) is 8.55. The van der Waals surface area contributed by atoms with Gasteiger partial charge in [0, 0.05) is 16.6 Å². The minimum atomic E-state index is 0.0636. The molecule has 2 aromatic heterocycles. The van der Waals surface area contributed by atoms with Gasteiger partial charge in [-0.15, -0.1) is 11.3 Å². The van der Waals surface area contributed by atoms with Crippen molar-refractivity contribution < 1.29 is 0 Å². The van der Waals surface area contributed by atoms with Crippen molar-refractivity contribution in [1.82, 2.24) is 4.98 Å². The number of rotatable bonds is 2. The van der Waals surface area contributed by atoms with E-state index in [1.54, 1.807) is 0 Å². The van der Waals surface area contributed by atoms with Crippen molar-refractivity contribution in [1.29, 1.82) is 0 Å². The van der Waals surface area contributed by atoms with Crippen LogP contribution in [0.25, 0.3) is 42.6 Å². The lowest BCUT2D eigenvalue weighted by molar-refractivity contribution is 0.596. The summed E-state index contributed by atoms with van der Waals surface area (Å²) >= 11 is 1.83. The van der Waals surface area contributed by atoms with Crippen molar-refractivity contribution in [3.63, 3.8) is 0 Å². The molecule has 1 nitrogen and oxygen atoms in total. The molecule has 0 atom stereocenters. The lowest BCUT2D eigenvalue weighted by Crippen LogP contribution is -2.12. The smallest absolute Gasteiger partial charge is 0.0880 e. The Bertz CT molecular complexity index is 1320. The van der Waals surface area contributed by atoms with Gasteiger partial charge < -0.3 is 0 Å². The van der Waals surface area contributed by atoms with Crippen molar-refractivity contribution in [2.24, 2.45) is 0 Å². The van der Waals surface area contributed by atoms with E-state index in [0.717, 1.165) is 5.69 Å². The van der Waals surface area contributed by atoms with Gasteiger partial charge in [0.15, 0.2) is 0 Å². The summed E-state index contributed by atoms with van der Waals surface area (Å²) in [6.07, 6.45) is 1.94. The van der Waals surface area contributed by atoms with Crippen molar-refractivity contribution in [2.45, 2.75) is 26.2 Å². The molecule has 5 rings (SSSR count). The van der Waals surface area contributed by atoms with E-state index in [9.17, 15) is 0 Å². The summed E-state index contributed by atoms with van der Waals surface area (Å²) in [6, 6.07) is 28.3. The highest BCUT2D eigenvalue weighted by atomic mass is 32.1. The normalized spacial score (nSPS) is 12.0. The quantitative estimate of drug-likeness (QED) is 0.295. The Morgan fingerprint density at radius 1 is 0.724 bits per heavy atom.